The number of imidazole rings is 1. The fourth-order valence-corrected chi connectivity index (χ4v) is 9.94. The molecular formula is C30H39Cl2N3O4Si. The molecule has 216 valence electrons. The lowest BCUT2D eigenvalue weighted by Gasteiger charge is -2.44. The summed E-state index contributed by atoms with van der Waals surface area (Å²) in [5.74, 6) is -0.0259. The Balaban J connectivity index is 1.54. The zero-order valence-corrected chi connectivity index (χ0v) is 26.5. The highest BCUT2D eigenvalue weighted by Crippen LogP contribution is 2.34. The van der Waals surface area contributed by atoms with E-state index in [1.165, 1.54) is 0 Å². The Morgan fingerprint density at radius 3 is 2.52 bits per heavy atom. The molecule has 1 amide bonds. The van der Waals surface area contributed by atoms with Crippen LogP contribution in [0, 0.1) is 5.41 Å². The van der Waals surface area contributed by atoms with Crippen molar-refractivity contribution in [3.63, 3.8) is 0 Å². The molecule has 40 heavy (non-hydrogen) atoms. The van der Waals surface area contributed by atoms with Crippen molar-refractivity contribution in [1.82, 2.24) is 14.5 Å². The number of hydrogen-bond donors (Lipinski definition) is 0. The van der Waals surface area contributed by atoms with Crippen LogP contribution in [0.3, 0.4) is 0 Å². The molecule has 0 saturated carbocycles. The van der Waals surface area contributed by atoms with E-state index in [1.54, 1.807) is 21.9 Å². The quantitative estimate of drug-likeness (QED) is 0.234. The molecule has 1 fully saturated rings. The molecule has 1 aliphatic rings. The van der Waals surface area contributed by atoms with Crippen molar-refractivity contribution in [2.45, 2.75) is 84.5 Å². The second kappa shape index (κ2) is 12.6. The Labute approximate surface area is 247 Å². The van der Waals surface area contributed by atoms with E-state index < -0.39 is 20.5 Å². The number of rotatable bonds is 9. The fraction of sp³-hybridized carbons (Fsp3) is 0.500. The SMILES string of the molecule is CC(C)(C)C[Si](C)(C)O[C@H]1CCCN(C(=O)OCc2ccccc2)[C@@H]1CC(=O)Cn1cnc2c(Cl)c(Cl)ccc21. The third-order valence-electron chi connectivity index (χ3n) is 7.05. The minimum absolute atomic E-state index is 0.0259. The van der Waals surface area contributed by atoms with Gasteiger partial charge in [-0.15, -0.1) is 0 Å². The Hall–Kier alpha value is -2.39. The maximum Gasteiger partial charge on any atom is 0.410 e. The number of Topliss-reactive ketones (excluding diaryl/α,β-unsaturated/α-hetero) is 1. The Kier molecular flexibility index (Phi) is 9.65. The number of carbonyl (C=O) groups excluding carboxylic acids is 2. The van der Waals surface area contributed by atoms with Crippen LogP contribution in [0.5, 0.6) is 0 Å². The van der Waals surface area contributed by atoms with Gasteiger partial charge in [0.05, 0.1) is 40.6 Å². The highest BCUT2D eigenvalue weighted by Gasteiger charge is 2.41. The van der Waals surface area contributed by atoms with Gasteiger partial charge in [0.1, 0.15) is 12.1 Å². The molecule has 2 aromatic carbocycles. The van der Waals surface area contributed by atoms with Crippen LogP contribution in [0.4, 0.5) is 4.79 Å². The first-order valence-corrected chi connectivity index (χ1v) is 17.7. The minimum Gasteiger partial charge on any atom is -0.445 e. The summed E-state index contributed by atoms with van der Waals surface area (Å²) in [4.78, 5) is 33.0. The molecule has 3 aromatic rings. The number of ether oxygens (including phenoxy) is 1. The molecule has 1 saturated heterocycles. The van der Waals surface area contributed by atoms with Crippen LogP contribution in [0.2, 0.25) is 29.2 Å². The zero-order chi connectivity index (χ0) is 29.1. The van der Waals surface area contributed by atoms with Crippen LogP contribution in [0.15, 0.2) is 48.8 Å². The first-order chi connectivity index (χ1) is 18.8. The van der Waals surface area contributed by atoms with E-state index in [4.69, 9.17) is 32.4 Å². The first kappa shape index (κ1) is 30.6. The van der Waals surface area contributed by atoms with Gasteiger partial charge in [-0.3, -0.25) is 4.79 Å². The fourth-order valence-electron chi connectivity index (χ4n) is 5.85. The number of amides is 1. The maximum atomic E-state index is 13.5. The molecule has 0 N–H and O–H groups in total. The van der Waals surface area contributed by atoms with E-state index in [1.807, 2.05) is 36.4 Å². The highest BCUT2D eigenvalue weighted by atomic mass is 35.5. The molecule has 10 heteroatoms. The van der Waals surface area contributed by atoms with Gasteiger partial charge in [0, 0.05) is 13.0 Å². The number of halogens is 2. The van der Waals surface area contributed by atoms with Crippen molar-refractivity contribution in [3.8, 4) is 0 Å². The number of carbonyl (C=O) groups is 2. The Morgan fingerprint density at radius 2 is 1.82 bits per heavy atom. The predicted molar refractivity (Wildman–Crippen MR) is 162 cm³/mol. The van der Waals surface area contributed by atoms with Crippen LogP contribution in [0.25, 0.3) is 11.0 Å². The summed E-state index contributed by atoms with van der Waals surface area (Å²) >= 11 is 12.5. The minimum atomic E-state index is -2.10. The summed E-state index contributed by atoms with van der Waals surface area (Å²) in [6.45, 7) is 11.9. The summed E-state index contributed by atoms with van der Waals surface area (Å²) in [6, 6.07) is 13.7. The van der Waals surface area contributed by atoms with Crippen LogP contribution < -0.4 is 0 Å². The molecule has 0 bridgehead atoms. The Morgan fingerprint density at radius 1 is 1.10 bits per heavy atom. The number of piperidine rings is 1. The van der Waals surface area contributed by atoms with E-state index in [0.717, 1.165) is 30.0 Å². The second-order valence-electron chi connectivity index (χ2n) is 12.4. The Bertz CT molecular complexity index is 1340. The number of fused-ring (bicyclic) bond motifs is 1. The van der Waals surface area contributed by atoms with Gasteiger partial charge in [-0.05, 0) is 55.1 Å². The third-order valence-corrected chi connectivity index (χ3v) is 10.7. The highest BCUT2D eigenvalue weighted by molar-refractivity contribution is 6.71. The molecule has 1 aliphatic heterocycles. The molecular weight excluding hydrogens is 565 g/mol. The third kappa shape index (κ3) is 7.87. The number of aromatic nitrogens is 2. The second-order valence-corrected chi connectivity index (χ2v) is 17.3. The average molecular weight is 605 g/mol. The van der Waals surface area contributed by atoms with Crippen LogP contribution in [-0.2, 0) is 27.1 Å². The number of likely N-dealkylation sites (tertiary alicyclic amines) is 1. The summed E-state index contributed by atoms with van der Waals surface area (Å²) in [6.07, 6.45) is 2.69. The van der Waals surface area contributed by atoms with Gasteiger partial charge >= 0.3 is 6.09 Å². The molecule has 0 unspecified atom stereocenters. The van der Waals surface area contributed by atoms with Gasteiger partial charge in [-0.1, -0.05) is 74.3 Å². The summed E-state index contributed by atoms with van der Waals surface area (Å²) in [5.41, 5.74) is 2.33. The zero-order valence-electron chi connectivity index (χ0n) is 24.0. The molecule has 2 atom stereocenters. The number of ketones is 1. The van der Waals surface area contributed by atoms with E-state index in [-0.39, 0.29) is 36.9 Å². The standard InChI is InChI=1S/C30H39Cl2N3O4Si/c1-30(2,3)19-40(4,5)39-26-12-9-15-35(29(37)38-18-21-10-7-6-8-11-21)25(26)16-22(36)17-34-20-33-28-24(34)14-13-23(31)27(28)32/h6-8,10-11,13-14,20,25-26H,9,12,15-19H2,1-5H3/t25-,26+/m1/s1. The van der Waals surface area contributed by atoms with E-state index in [0.29, 0.717) is 22.1 Å². The van der Waals surface area contributed by atoms with E-state index in [2.05, 4.69) is 38.8 Å². The number of nitrogens with zero attached hydrogens (tertiary/aromatic N) is 3. The van der Waals surface area contributed by atoms with Crippen molar-refractivity contribution >= 4 is 54.4 Å². The van der Waals surface area contributed by atoms with Gasteiger partial charge in [0.2, 0.25) is 0 Å². The smallest absolute Gasteiger partial charge is 0.410 e. The lowest BCUT2D eigenvalue weighted by Crippen LogP contribution is -2.55. The van der Waals surface area contributed by atoms with Crippen molar-refractivity contribution in [2.24, 2.45) is 5.41 Å². The number of benzene rings is 2. The van der Waals surface area contributed by atoms with Crippen molar-refractivity contribution < 1.29 is 18.8 Å². The topological polar surface area (TPSA) is 73.7 Å². The first-order valence-electron chi connectivity index (χ1n) is 13.8. The molecule has 0 radical (unpaired) electrons. The molecule has 7 nitrogen and oxygen atoms in total. The molecule has 0 spiro atoms. The lowest BCUT2D eigenvalue weighted by atomic mass is 9.95. The van der Waals surface area contributed by atoms with E-state index in [9.17, 15) is 9.59 Å². The van der Waals surface area contributed by atoms with Crippen molar-refractivity contribution in [1.29, 1.82) is 0 Å². The molecule has 4 rings (SSSR count). The van der Waals surface area contributed by atoms with Crippen LogP contribution >= 0.6 is 23.2 Å². The van der Waals surface area contributed by atoms with Gasteiger partial charge < -0.3 is 18.6 Å². The average Bonchev–Trinajstić information content (AvgIpc) is 3.27. The van der Waals surface area contributed by atoms with E-state index >= 15 is 0 Å². The van der Waals surface area contributed by atoms with Gasteiger partial charge in [0.25, 0.3) is 0 Å². The lowest BCUT2D eigenvalue weighted by molar-refractivity contribution is -0.122. The normalized spacial score (nSPS) is 18.2. The van der Waals surface area contributed by atoms with Crippen LogP contribution in [0.1, 0.15) is 45.6 Å². The van der Waals surface area contributed by atoms with Crippen molar-refractivity contribution in [2.75, 3.05) is 6.54 Å². The maximum absolute atomic E-state index is 13.5. The van der Waals surface area contributed by atoms with Crippen LogP contribution in [-0.4, -0.2) is 53.3 Å². The van der Waals surface area contributed by atoms with Gasteiger partial charge in [0.15, 0.2) is 14.1 Å². The predicted octanol–water partition coefficient (Wildman–Crippen LogP) is 7.74. The summed E-state index contributed by atoms with van der Waals surface area (Å²) < 4.78 is 14.3. The summed E-state index contributed by atoms with van der Waals surface area (Å²) in [7, 11) is -2.10. The monoisotopic (exact) mass is 603 g/mol. The van der Waals surface area contributed by atoms with Gasteiger partial charge in [-0.2, -0.15) is 0 Å². The largest absolute Gasteiger partial charge is 0.445 e. The summed E-state index contributed by atoms with van der Waals surface area (Å²) in [5, 5.41) is 0.782. The van der Waals surface area contributed by atoms with Crippen molar-refractivity contribution in [3.05, 3.63) is 64.4 Å². The molecule has 0 aliphatic carbocycles. The van der Waals surface area contributed by atoms with Gasteiger partial charge in [-0.25, -0.2) is 9.78 Å². The molecule has 2 heterocycles. The molecule has 1 aromatic heterocycles. The number of hydrogen-bond acceptors (Lipinski definition) is 5.